The number of hydrogen-bond donors (Lipinski definition) is 3. The summed E-state index contributed by atoms with van der Waals surface area (Å²) in [4.78, 5) is 26.4. The van der Waals surface area contributed by atoms with Crippen molar-refractivity contribution in [1.29, 1.82) is 0 Å². The molecule has 0 aliphatic heterocycles. The molecule has 110 valence electrons. The average Bonchev–Trinajstić information content (AvgIpc) is 2.97. The van der Waals surface area contributed by atoms with E-state index in [1.807, 2.05) is 6.92 Å². The Labute approximate surface area is 119 Å². The summed E-state index contributed by atoms with van der Waals surface area (Å²) in [5, 5.41) is 22.7. The number of carbonyl (C=O) groups is 1. The van der Waals surface area contributed by atoms with Crippen LogP contribution in [0.4, 0.5) is 17.2 Å². The number of carbonyl (C=O) groups excluding carboxylic acids is 1. The van der Waals surface area contributed by atoms with Gasteiger partial charge in [0.2, 0.25) is 0 Å². The molecule has 1 amide bonds. The fraction of sp³-hybridized carbons (Fsp3) is 0.250. The van der Waals surface area contributed by atoms with Crippen LogP contribution in [-0.4, -0.2) is 32.6 Å². The van der Waals surface area contributed by atoms with Gasteiger partial charge in [0.25, 0.3) is 11.6 Å². The van der Waals surface area contributed by atoms with Gasteiger partial charge in [0.1, 0.15) is 17.6 Å². The Bertz CT molecular complexity index is 640. The number of hydrogen-bond acceptors (Lipinski definition) is 6. The van der Waals surface area contributed by atoms with Crippen molar-refractivity contribution in [3.63, 3.8) is 0 Å². The van der Waals surface area contributed by atoms with Crippen LogP contribution in [0.5, 0.6) is 0 Å². The van der Waals surface area contributed by atoms with Crippen LogP contribution in [0.1, 0.15) is 23.7 Å². The van der Waals surface area contributed by atoms with Gasteiger partial charge < -0.3 is 10.6 Å². The van der Waals surface area contributed by atoms with Gasteiger partial charge in [-0.15, -0.1) is 0 Å². The largest absolute Gasteiger partial charge is 0.370 e. The van der Waals surface area contributed by atoms with E-state index in [4.69, 9.17) is 0 Å². The minimum atomic E-state index is -0.638. The maximum Gasteiger partial charge on any atom is 0.300 e. The molecule has 3 N–H and O–H groups in total. The van der Waals surface area contributed by atoms with Crippen molar-refractivity contribution in [3.8, 4) is 0 Å². The third-order valence-corrected chi connectivity index (χ3v) is 2.64. The van der Waals surface area contributed by atoms with E-state index in [0.717, 1.165) is 12.6 Å². The van der Waals surface area contributed by atoms with Gasteiger partial charge in [-0.2, -0.15) is 5.10 Å². The standard InChI is InChI=1S/C12H14N6O3/c1-2-3-13-11-4-9(10(7-14-11)18(20)21)12(19)17-8-5-15-16-6-8/h4-7H,2-3H2,1H3,(H,13,14)(H,15,16)(H,17,19). The molecule has 0 unspecified atom stereocenters. The molecule has 2 rings (SSSR count). The lowest BCUT2D eigenvalue weighted by Crippen LogP contribution is -2.15. The maximum atomic E-state index is 12.2. The van der Waals surface area contributed by atoms with Crippen LogP contribution in [0.3, 0.4) is 0 Å². The van der Waals surface area contributed by atoms with Gasteiger partial charge in [-0.1, -0.05) is 6.92 Å². The number of amides is 1. The van der Waals surface area contributed by atoms with E-state index in [1.165, 1.54) is 18.5 Å². The SMILES string of the molecule is CCCNc1cc(C(=O)Nc2cn[nH]c2)c([N+](=O)[O-])cn1. The van der Waals surface area contributed by atoms with Crippen molar-refractivity contribution < 1.29 is 9.72 Å². The predicted molar refractivity (Wildman–Crippen MR) is 76.2 cm³/mol. The summed E-state index contributed by atoms with van der Waals surface area (Å²) in [6.45, 7) is 2.64. The summed E-state index contributed by atoms with van der Waals surface area (Å²) in [5.74, 6) is -0.176. The Balaban J connectivity index is 2.29. The summed E-state index contributed by atoms with van der Waals surface area (Å²) in [6.07, 6.45) is 4.82. The molecule has 0 bridgehead atoms. The first-order valence-corrected chi connectivity index (χ1v) is 6.30. The fourth-order valence-corrected chi connectivity index (χ4v) is 1.64. The molecule has 0 aromatic carbocycles. The Morgan fingerprint density at radius 1 is 1.48 bits per heavy atom. The van der Waals surface area contributed by atoms with Gasteiger partial charge >= 0.3 is 0 Å². The number of aromatic amines is 1. The topological polar surface area (TPSA) is 126 Å². The van der Waals surface area contributed by atoms with E-state index in [1.54, 1.807) is 0 Å². The monoisotopic (exact) mass is 290 g/mol. The molecular weight excluding hydrogens is 276 g/mol. The summed E-state index contributed by atoms with van der Waals surface area (Å²) in [7, 11) is 0. The lowest BCUT2D eigenvalue weighted by molar-refractivity contribution is -0.385. The number of nitrogens with one attached hydrogen (secondary N) is 3. The van der Waals surface area contributed by atoms with Crippen LogP contribution >= 0.6 is 0 Å². The van der Waals surface area contributed by atoms with Crippen molar-refractivity contribution in [2.45, 2.75) is 13.3 Å². The van der Waals surface area contributed by atoms with Crippen molar-refractivity contribution in [3.05, 3.63) is 40.3 Å². The second-order valence-electron chi connectivity index (χ2n) is 4.21. The molecule has 0 aliphatic carbocycles. The highest BCUT2D eigenvalue weighted by Gasteiger charge is 2.22. The molecule has 2 heterocycles. The lowest BCUT2D eigenvalue weighted by atomic mass is 10.2. The minimum Gasteiger partial charge on any atom is -0.370 e. The minimum absolute atomic E-state index is 0.0604. The van der Waals surface area contributed by atoms with E-state index in [9.17, 15) is 14.9 Å². The summed E-state index contributed by atoms with van der Waals surface area (Å²) < 4.78 is 0. The number of anilines is 2. The third kappa shape index (κ3) is 3.53. The molecule has 9 nitrogen and oxygen atoms in total. The summed E-state index contributed by atoms with van der Waals surface area (Å²) in [6, 6.07) is 1.36. The summed E-state index contributed by atoms with van der Waals surface area (Å²) >= 11 is 0. The Morgan fingerprint density at radius 3 is 2.90 bits per heavy atom. The number of aromatic nitrogens is 3. The highest BCUT2D eigenvalue weighted by atomic mass is 16.6. The first-order chi connectivity index (χ1) is 10.1. The van der Waals surface area contributed by atoms with Gasteiger partial charge in [0, 0.05) is 18.8 Å². The molecule has 0 radical (unpaired) electrons. The smallest absolute Gasteiger partial charge is 0.300 e. The highest BCUT2D eigenvalue weighted by molar-refractivity contribution is 6.07. The van der Waals surface area contributed by atoms with Crippen LogP contribution in [0.15, 0.2) is 24.7 Å². The molecule has 21 heavy (non-hydrogen) atoms. The van der Waals surface area contributed by atoms with Gasteiger partial charge in [0.05, 0.1) is 16.8 Å². The zero-order valence-electron chi connectivity index (χ0n) is 11.3. The van der Waals surface area contributed by atoms with Gasteiger partial charge in [-0.05, 0) is 6.42 Å². The Morgan fingerprint density at radius 2 is 2.29 bits per heavy atom. The highest BCUT2D eigenvalue weighted by Crippen LogP contribution is 2.21. The first-order valence-electron chi connectivity index (χ1n) is 6.30. The van der Waals surface area contributed by atoms with Crippen LogP contribution in [0.2, 0.25) is 0 Å². The first kappa shape index (κ1) is 14.4. The molecule has 0 spiro atoms. The molecule has 9 heteroatoms. The maximum absolute atomic E-state index is 12.2. The van der Waals surface area contributed by atoms with E-state index >= 15 is 0 Å². The number of rotatable bonds is 6. The lowest BCUT2D eigenvalue weighted by Gasteiger charge is -2.07. The fourth-order valence-electron chi connectivity index (χ4n) is 1.64. The zero-order valence-corrected chi connectivity index (χ0v) is 11.3. The van der Waals surface area contributed by atoms with E-state index in [2.05, 4.69) is 25.8 Å². The van der Waals surface area contributed by atoms with E-state index < -0.39 is 10.8 Å². The Kier molecular flexibility index (Phi) is 4.44. The molecular formula is C12H14N6O3. The van der Waals surface area contributed by atoms with Crippen molar-refractivity contribution in [2.24, 2.45) is 0 Å². The van der Waals surface area contributed by atoms with Crippen LogP contribution in [0, 0.1) is 10.1 Å². The van der Waals surface area contributed by atoms with Crippen LogP contribution in [-0.2, 0) is 0 Å². The van der Waals surface area contributed by atoms with Gasteiger partial charge in [-0.3, -0.25) is 20.0 Å². The number of H-pyrrole nitrogens is 1. The van der Waals surface area contributed by atoms with Gasteiger partial charge in [0.15, 0.2) is 0 Å². The molecule has 2 aromatic heterocycles. The van der Waals surface area contributed by atoms with Crippen LogP contribution in [0.25, 0.3) is 0 Å². The molecule has 0 fully saturated rings. The van der Waals surface area contributed by atoms with Crippen molar-refractivity contribution in [2.75, 3.05) is 17.2 Å². The van der Waals surface area contributed by atoms with Crippen LogP contribution < -0.4 is 10.6 Å². The van der Waals surface area contributed by atoms with Gasteiger partial charge in [-0.25, -0.2) is 4.98 Å². The second kappa shape index (κ2) is 6.46. The quantitative estimate of drug-likeness (QED) is 0.550. The molecule has 2 aromatic rings. The predicted octanol–water partition coefficient (Wildman–Crippen LogP) is 1.79. The number of nitrogens with zero attached hydrogens (tertiary/aromatic N) is 3. The normalized spacial score (nSPS) is 10.1. The summed E-state index contributed by atoms with van der Waals surface area (Å²) in [5.41, 5.74) is 0.0158. The Hall–Kier alpha value is -2.97. The third-order valence-electron chi connectivity index (χ3n) is 2.64. The van der Waals surface area contributed by atoms with E-state index in [-0.39, 0.29) is 11.3 Å². The number of pyridine rings is 1. The van der Waals surface area contributed by atoms with Crippen molar-refractivity contribution in [1.82, 2.24) is 15.2 Å². The van der Waals surface area contributed by atoms with E-state index in [0.29, 0.717) is 18.1 Å². The molecule has 0 aliphatic rings. The van der Waals surface area contributed by atoms with Crippen molar-refractivity contribution >= 4 is 23.1 Å². The second-order valence-corrected chi connectivity index (χ2v) is 4.21. The zero-order chi connectivity index (χ0) is 15.2. The average molecular weight is 290 g/mol. The number of nitro groups is 1. The molecule has 0 saturated heterocycles. The molecule has 0 atom stereocenters. The molecule has 0 saturated carbocycles.